The first-order chi connectivity index (χ1) is 5.85. The molecule has 0 radical (unpaired) electrons. The van der Waals surface area contributed by atoms with Gasteiger partial charge in [0.25, 0.3) is 0 Å². The van der Waals surface area contributed by atoms with Gasteiger partial charge in [-0.1, -0.05) is 6.92 Å². The molecule has 76 valence electrons. The van der Waals surface area contributed by atoms with Crippen molar-refractivity contribution in [3.63, 3.8) is 0 Å². The summed E-state index contributed by atoms with van der Waals surface area (Å²) in [6.45, 7) is 7.24. The smallest absolute Gasteiger partial charge is 0.331 e. The van der Waals surface area contributed by atoms with Gasteiger partial charge in [0.2, 0.25) is 0 Å². The number of aliphatic hydroxyl groups is 1. The number of ether oxygens (including phenoxy) is 1. The quantitative estimate of drug-likeness (QED) is 0.538. The zero-order chi connectivity index (χ0) is 10.5. The molecule has 0 fully saturated rings. The van der Waals surface area contributed by atoms with Crippen LogP contribution in [0.3, 0.4) is 0 Å². The molecule has 0 heterocycles. The number of carbonyl (C=O) groups excluding carboxylic acids is 1. The Balaban J connectivity index is 3.95. The number of rotatable bonds is 3. The lowest BCUT2D eigenvalue weighted by Gasteiger charge is -2.18. The third-order valence-electron chi connectivity index (χ3n) is 1.28. The monoisotopic (exact) mass is 186 g/mol. The molecule has 0 saturated carbocycles. The SMILES string of the molecule is CC[C@@H](O)/C=C/C(=O)OC(C)(C)C. The van der Waals surface area contributed by atoms with E-state index in [-0.39, 0.29) is 0 Å². The van der Waals surface area contributed by atoms with Gasteiger partial charge in [0, 0.05) is 6.08 Å². The fraction of sp³-hybridized carbons (Fsp3) is 0.700. The van der Waals surface area contributed by atoms with Gasteiger partial charge in [-0.05, 0) is 33.3 Å². The maximum absolute atomic E-state index is 11.1. The Labute approximate surface area is 79.4 Å². The molecule has 1 N–H and O–H groups in total. The molecule has 0 saturated heterocycles. The number of carbonyl (C=O) groups is 1. The molecule has 0 amide bonds. The van der Waals surface area contributed by atoms with Crippen LogP contribution >= 0.6 is 0 Å². The van der Waals surface area contributed by atoms with Crippen LogP contribution in [0.2, 0.25) is 0 Å². The van der Waals surface area contributed by atoms with Crippen LogP contribution in [0.15, 0.2) is 12.2 Å². The van der Waals surface area contributed by atoms with Gasteiger partial charge in [-0.3, -0.25) is 0 Å². The zero-order valence-electron chi connectivity index (χ0n) is 8.70. The molecule has 0 aromatic carbocycles. The number of hydrogen-bond donors (Lipinski definition) is 1. The second kappa shape index (κ2) is 5.02. The van der Waals surface area contributed by atoms with E-state index in [0.29, 0.717) is 6.42 Å². The average molecular weight is 186 g/mol. The third-order valence-corrected chi connectivity index (χ3v) is 1.28. The van der Waals surface area contributed by atoms with Gasteiger partial charge in [-0.2, -0.15) is 0 Å². The van der Waals surface area contributed by atoms with Gasteiger partial charge < -0.3 is 9.84 Å². The molecule has 0 unspecified atom stereocenters. The molecule has 0 rings (SSSR count). The average Bonchev–Trinajstić information content (AvgIpc) is 1.97. The number of esters is 1. The lowest BCUT2D eigenvalue weighted by Crippen LogP contribution is -2.22. The van der Waals surface area contributed by atoms with E-state index in [9.17, 15) is 4.79 Å². The standard InChI is InChI=1S/C10H18O3/c1-5-8(11)6-7-9(12)13-10(2,3)4/h6-8,11H,5H2,1-4H3/b7-6+/t8-/m1/s1. The van der Waals surface area contributed by atoms with E-state index < -0.39 is 17.7 Å². The van der Waals surface area contributed by atoms with Crippen molar-refractivity contribution < 1.29 is 14.6 Å². The van der Waals surface area contributed by atoms with E-state index in [1.807, 2.05) is 6.92 Å². The van der Waals surface area contributed by atoms with Gasteiger partial charge in [-0.15, -0.1) is 0 Å². The van der Waals surface area contributed by atoms with Crippen LogP contribution in [-0.4, -0.2) is 22.8 Å². The molecule has 0 aromatic heterocycles. The highest BCUT2D eigenvalue weighted by Gasteiger charge is 2.13. The lowest BCUT2D eigenvalue weighted by molar-refractivity contribution is -0.148. The zero-order valence-corrected chi connectivity index (χ0v) is 8.70. The molecule has 0 aliphatic heterocycles. The van der Waals surface area contributed by atoms with E-state index in [4.69, 9.17) is 9.84 Å². The molecule has 0 aliphatic carbocycles. The first kappa shape index (κ1) is 12.2. The minimum atomic E-state index is -0.562. The first-order valence-corrected chi connectivity index (χ1v) is 4.44. The second-order valence-electron chi connectivity index (χ2n) is 3.87. The molecule has 0 bridgehead atoms. The normalized spacial score (nSPS) is 14.5. The summed E-state index contributed by atoms with van der Waals surface area (Å²) in [6, 6.07) is 0. The Kier molecular flexibility index (Phi) is 4.70. The van der Waals surface area contributed by atoms with E-state index in [0.717, 1.165) is 0 Å². The fourth-order valence-corrected chi connectivity index (χ4v) is 0.662. The van der Waals surface area contributed by atoms with Crippen molar-refractivity contribution in [3.8, 4) is 0 Å². The van der Waals surface area contributed by atoms with Crippen LogP contribution in [0.1, 0.15) is 34.1 Å². The lowest BCUT2D eigenvalue weighted by atomic mass is 10.2. The summed E-state index contributed by atoms with van der Waals surface area (Å²) in [5, 5.41) is 9.11. The van der Waals surface area contributed by atoms with Crippen molar-refractivity contribution in [2.45, 2.75) is 45.8 Å². The Bertz CT molecular complexity index is 189. The van der Waals surface area contributed by atoms with Crippen molar-refractivity contribution in [3.05, 3.63) is 12.2 Å². The topological polar surface area (TPSA) is 46.5 Å². The molecule has 1 atom stereocenters. The Morgan fingerprint density at radius 1 is 1.54 bits per heavy atom. The summed E-state index contributed by atoms with van der Waals surface area (Å²) >= 11 is 0. The summed E-state index contributed by atoms with van der Waals surface area (Å²) in [5.41, 5.74) is -0.474. The van der Waals surface area contributed by atoms with E-state index in [1.165, 1.54) is 12.2 Å². The molecule has 3 heteroatoms. The first-order valence-electron chi connectivity index (χ1n) is 4.44. The van der Waals surface area contributed by atoms with Crippen molar-refractivity contribution in [1.82, 2.24) is 0 Å². The molecule has 13 heavy (non-hydrogen) atoms. The highest BCUT2D eigenvalue weighted by atomic mass is 16.6. The molecular formula is C10H18O3. The molecule has 0 spiro atoms. The Morgan fingerprint density at radius 2 is 2.08 bits per heavy atom. The fourth-order valence-electron chi connectivity index (χ4n) is 0.662. The van der Waals surface area contributed by atoms with Gasteiger partial charge in [0.1, 0.15) is 5.60 Å². The summed E-state index contributed by atoms with van der Waals surface area (Å²) in [7, 11) is 0. The minimum absolute atomic E-state index is 0.417. The van der Waals surface area contributed by atoms with Crippen LogP contribution in [0.4, 0.5) is 0 Å². The van der Waals surface area contributed by atoms with E-state index in [2.05, 4.69) is 0 Å². The van der Waals surface area contributed by atoms with Crippen molar-refractivity contribution >= 4 is 5.97 Å². The van der Waals surface area contributed by atoms with Gasteiger partial charge in [0.05, 0.1) is 6.10 Å². The third kappa shape index (κ3) is 7.53. The van der Waals surface area contributed by atoms with Crippen molar-refractivity contribution in [2.75, 3.05) is 0 Å². The maximum atomic E-state index is 11.1. The Morgan fingerprint density at radius 3 is 2.46 bits per heavy atom. The van der Waals surface area contributed by atoms with Gasteiger partial charge >= 0.3 is 5.97 Å². The van der Waals surface area contributed by atoms with Gasteiger partial charge in [-0.25, -0.2) is 4.79 Å². The largest absolute Gasteiger partial charge is 0.457 e. The van der Waals surface area contributed by atoms with Crippen LogP contribution in [0, 0.1) is 0 Å². The maximum Gasteiger partial charge on any atom is 0.331 e. The minimum Gasteiger partial charge on any atom is -0.457 e. The van der Waals surface area contributed by atoms with Crippen molar-refractivity contribution in [2.24, 2.45) is 0 Å². The van der Waals surface area contributed by atoms with Gasteiger partial charge in [0.15, 0.2) is 0 Å². The van der Waals surface area contributed by atoms with Crippen LogP contribution < -0.4 is 0 Å². The molecular weight excluding hydrogens is 168 g/mol. The van der Waals surface area contributed by atoms with E-state index in [1.54, 1.807) is 20.8 Å². The van der Waals surface area contributed by atoms with Crippen LogP contribution in [0.5, 0.6) is 0 Å². The highest BCUT2D eigenvalue weighted by molar-refractivity contribution is 5.82. The molecule has 3 nitrogen and oxygen atoms in total. The summed E-state index contributed by atoms with van der Waals surface area (Å²) in [6.07, 6.45) is 2.74. The Hall–Kier alpha value is -0.830. The predicted octanol–water partition coefficient (Wildman–Crippen LogP) is 1.66. The predicted molar refractivity (Wildman–Crippen MR) is 51.3 cm³/mol. The van der Waals surface area contributed by atoms with Crippen LogP contribution in [-0.2, 0) is 9.53 Å². The van der Waals surface area contributed by atoms with Crippen molar-refractivity contribution in [1.29, 1.82) is 0 Å². The van der Waals surface area contributed by atoms with Crippen LogP contribution in [0.25, 0.3) is 0 Å². The summed E-state index contributed by atoms with van der Waals surface area (Å²) < 4.78 is 5.00. The summed E-state index contributed by atoms with van der Waals surface area (Å²) in [5.74, 6) is -0.417. The highest BCUT2D eigenvalue weighted by Crippen LogP contribution is 2.07. The second-order valence-corrected chi connectivity index (χ2v) is 3.87. The number of hydrogen-bond acceptors (Lipinski definition) is 3. The van der Waals surface area contributed by atoms with E-state index >= 15 is 0 Å². The summed E-state index contributed by atoms with van der Waals surface area (Å²) in [4.78, 5) is 11.1. The number of aliphatic hydroxyl groups excluding tert-OH is 1. The molecule has 0 aliphatic rings. The molecule has 0 aromatic rings.